The van der Waals surface area contributed by atoms with E-state index in [1.807, 2.05) is 0 Å². The highest BCUT2D eigenvalue weighted by Gasteiger charge is 2.56. The number of amides is 1. The predicted molar refractivity (Wildman–Crippen MR) is 127 cm³/mol. The standard InChI is InChI=1S/C24H35N3O6S/c1-25-19-5-4-18(9-20(19)34(31,32)27(2)14-21(28)33-3)22(29)26-7-6-23-10-16-8-17(11-23)13-24(30,12-16)15-23/h4-5,9,16-17,25,30H,6-8,10-15H2,1-3H3,(H,26,29). The number of carbonyl (C=O) groups is 2. The van der Waals surface area contributed by atoms with Gasteiger partial charge in [0.05, 0.1) is 18.4 Å². The zero-order valence-corrected chi connectivity index (χ0v) is 20.9. The van der Waals surface area contributed by atoms with Crippen molar-refractivity contribution in [3.05, 3.63) is 23.8 Å². The van der Waals surface area contributed by atoms with Gasteiger partial charge >= 0.3 is 5.97 Å². The van der Waals surface area contributed by atoms with Crippen LogP contribution in [0.4, 0.5) is 5.69 Å². The monoisotopic (exact) mass is 493 g/mol. The van der Waals surface area contributed by atoms with Crippen LogP contribution in [0.25, 0.3) is 0 Å². The largest absolute Gasteiger partial charge is 0.468 e. The number of rotatable bonds is 9. The molecule has 0 heterocycles. The van der Waals surface area contributed by atoms with Gasteiger partial charge in [0.15, 0.2) is 0 Å². The van der Waals surface area contributed by atoms with E-state index in [0.29, 0.717) is 24.1 Å². The first kappa shape index (κ1) is 24.9. The second-order valence-electron chi connectivity index (χ2n) is 10.5. The summed E-state index contributed by atoms with van der Waals surface area (Å²) in [5.74, 6) is 0.148. The quantitative estimate of drug-likeness (QED) is 0.449. The number of nitrogens with zero attached hydrogens (tertiary/aromatic N) is 1. The van der Waals surface area contributed by atoms with Gasteiger partial charge in [-0.15, -0.1) is 0 Å². The first-order valence-electron chi connectivity index (χ1n) is 11.8. The number of anilines is 1. The zero-order valence-electron chi connectivity index (χ0n) is 20.1. The number of nitrogens with one attached hydrogen (secondary N) is 2. The Labute approximate surface area is 201 Å². The van der Waals surface area contributed by atoms with Gasteiger partial charge in [0, 0.05) is 26.2 Å². The van der Waals surface area contributed by atoms with Crippen molar-refractivity contribution in [1.29, 1.82) is 0 Å². The van der Waals surface area contributed by atoms with E-state index in [0.717, 1.165) is 42.8 Å². The molecule has 5 rings (SSSR count). The molecule has 10 heteroatoms. The smallest absolute Gasteiger partial charge is 0.321 e. The molecule has 4 aliphatic carbocycles. The Balaban J connectivity index is 1.44. The van der Waals surface area contributed by atoms with Crippen LogP contribution in [0.15, 0.2) is 23.1 Å². The molecule has 1 amide bonds. The number of benzene rings is 1. The van der Waals surface area contributed by atoms with Crippen molar-refractivity contribution in [2.24, 2.45) is 17.3 Å². The van der Waals surface area contributed by atoms with Gasteiger partial charge in [-0.3, -0.25) is 9.59 Å². The maximum Gasteiger partial charge on any atom is 0.321 e. The van der Waals surface area contributed by atoms with E-state index in [2.05, 4.69) is 15.4 Å². The van der Waals surface area contributed by atoms with Crippen LogP contribution in [0.1, 0.15) is 55.3 Å². The summed E-state index contributed by atoms with van der Waals surface area (Å²) in [5, 5.41) is 16.7. The van der Waals surface area contributed by atoms with Crippen LogP contribution in [-0.4, -0.2) is 69.6 Å². The summed E-state index contributed by atoms with van der Waals surface area (Å²) < 4.78 is 31.6. The number of methoxy groups -OCH3 is 1. The van der Waals surface area contributed by atoms with Crippen molar-refractivity contribution in [3.63, 3.8) is 0 Å². The molecule has 188 valence electrons. The fourth-order valence-electron chi connectivity index (χ4n) is 6.82. The average molecular weight is 494 g/mol. The average Bonchev–Trinajstić information content (AvgIpc) is 2.76. The molecule has 3 N–H and O–H groups in total. The van der Waals surface area contributed by atoms with E-state index in [4.69, 9.17) is 0 Å². The second kappa shape index (κ2) is 9.13. The Bertz CT molecular complexity index is 1060. The molecule has 0 radical (unpaired) electrons. The van der Waals surface area contributed by atoms with Crippen LogP contribution in [-0.2, 0) is 19.6 Å². The molecule has 4 fully saturated rings. The fraction of sp³-hybridized carbons (Fsp3) is 0.667. The van der Waals surface area contributed by atoms with Crippen LogP contribution in [0, 0.1) is 17.3 Å². The number of ether oxygens (including phenoxy) is 1. The molecule has 4 aliphatic rings. The Morgan fingerprint density at radius 2 is 1.88 bits per heavy atom. The second-order valence-corrected chi connectivity index (χ2v) is 12.5. The van der Waals surface area contributed by atoms with Crippen molar-refractivity contribution in [2.75, 3.05) is 39.6 Å². The van der Waals surface area contributed by atoms with Gasteiger partial charge in [-0.1, -0.05) is 0 Å². The number of hydrogen-bond donors (Lipinski definition) is 3. The molecule has 0 aliphatic heterocycles. The lowest BCUT2D eigenvalue weighted by atomic mass is 9.47. The first-order valence-corrected chi connectivity index (χ1v) is 13.3. The summed E-state index contributed by atoms with van der Waals surface area (Å²) in [4.78, 5) is 24.4. The molecule has 2 unspecified atom stereocenters. The third-order valence-corrected chi connectivity index (χ3v) is 9.72. The highest BCUT2D eigenvalue weighted by molar-refractivity contribution is 7.89. The summed E-state index contributed by atoms with van der Waals surface area (Å²) in [6.45, 7) is 0.0429. The maximum atomic E-state index is 13.1. The summed E-state index contributed by atoms with van der Waals surface area (Å²) in [5.41, 5.74) is 0.118. The molecule has 2 atom stereocenters. The number of sulfonamides is 1. The van der Waals surface area contributed by atoms with Crippen molar-refractivity contribution in [2.45, 2.75) is 55.4 Å². The van der Waals surface area contributed by atoms with Gasteiger partial charge in [0.1, 0.15) is 11.4 Å². The van der Waals surface area contributed by atoms with Gasteiger partial charge in [-0.2, -0.15) is 4.31 Å². The van der Waals surface area contributed by atoms with Gasteiger partial charge < -0.3 is 20.5 Å². The number of aliphatic hydroxyl groups is 1. The van der Waals surface area contributed by atoms with Gasteiger partial charge in [-0.25, -0.2) is 8.42 Å². The molecule has 1 aromatic carbocycles. The van der Waals surface area contributed by atoms with E-state index in [1.54, 1.807) is 19.2 Å². The summed E-state index contributed by atoms with van der Waals surface area (Å²) in [6.07, 6.45) is 6.91. The predicted octanol–water partition coefficient (Wildman–Crippen LogP) is 1.97. The number of carbonyl (C=O) groups excluding carboxylic acids is 2. The van der Waals surface area contributed by atoms with Crippen LogP contribution in [0.3, 0.4) is 0 Å². The molecule has 9 nitrogen and oxygen atoms in total. The molecule has 4 saturated carbocycles. The van der Waals surface area contributed by atoms with Crippen LogP contribution < -0.4 is 10.6 Å². The van der Waals surface area contributed by atoms with Crippen LogP contribution in [0.5, 0.6) is 0 Å². The normalized spacial score (nSPS) is 29.8. The topological polar surface area (TPSA) is 125 Å². The van der Waals surface area contributed by atoms with Crippen LogP contribution in [0.2, 0.25) is 0 Å². The Morgan fingerprint density at radius 3 is 2.47 bits per heavy atom. The van der Waals surface area contributed by atoms with Crippen molar-refractivity contribution in [1.82, 2.24) is 9.62 Å². The number of hydrogen-bond acceptors (Lipinski definition) is 7. The van der Waals surface area contributed by atoms with Crippen LogP contribution >= 0.6 is 0 Å². The molecule has 0 saturated heterocycles. The van der Waals surface area contributed by atoms with E-state index in [1.165, 1.54) is 26.6 Å². The third-order valence-electron chi connectivity index (χ3n) is 7.87. The number of likely N-dealkylation sites (N-methyl/N-ethyl adjacent to an activating group) is 1. The Kier molecular flexibility index (Phi) is 6.69. The zero-order chi connectivity index (χ0) is 24.7. The lowest BCUT2D eigenvalue weighted by molar-refractivity contribution is -0.165. The maximum absolute atomic E-state index is 13.1. The van der Waals surface area contributed by atoms with Crippen molar-refractivity contribution < 1.29 is 27.9 Å². The number of esters is 1. The van der Waals surface area contributed by atoms with E-state index in [9.17, 15) is 23.1 Å². The summed E-state index contributed by atoms with van der Waals surface area (Å²) >= 11 is 0. The molecular formula is C24H35N3O6S. The van der Waals surface area contributed by atoms with E-state index >= 15 is 0 Å². The van der Waals surface area contributed by atoms with Gasteiger partial charge in [0.2, 0.25) is 10.0 Å². The molecule has 0 aromatic heterocycles. The molecule has 4 bridgehead atoms. The van der Waals surface area contributed by atoms with Gasteiger partial charge in [0.25, 0.3) is 5.91 Å². The van der Waals surface area contributed by atoms with Gasteiger partial charge in [-0.05, 0) is 80.4 Å². The SMILES string of the molecule is CNc1ccc(C(=O)NCCC23CC4CC(CC(O)(C4)C2)C3)cc1S(=O)(=O)N(C)CC(=O)OC. The van der Waals surface area contributed by atoms with Crippen molar-refractivity contribution >= 4 is 27.6 Å². The summed E-state index contributed by atoms with van der Waals surface area (Å²) in [6, 6.07) is 4.45. The molecular weight excluding hydrogens is 458 g/mol. The molecule has 1 aromatic rings. The minimum Gasteiger partial charge on any atom is -0.468 e. The highest BCUT2D eigenvalue weighted by Crippen LogP contribution is 2.62. The lowest BCUT2D eigenvalue weighted by Gasteiger charge is -2.60. The summed E-state index contributed by atoms with van der Waals surface area (Å²) in [7, 11) is 0.0329. The van der Waals surface area contributed by atoms with E-state index in [-0.39, 0.29) is 21.8 Å². The fourth-order valence-corrected chi connectivity index (χ4v) is 8.16. The minimum atomic E-state index is -4.04. The third kappa shape index (κ3) is 4.81. The molecule has 0 spiro atoms. The Hall–Kier alpha value is -2.17. The first-order chi connectivity index (χ1) is 16.0. The van der Waals surface area contributed by atoms with Crippen molar-refractivity contribution in [3.8, 4) is 0 Å². The lowest BCUT2D eigenvalue weighted by Crippen LogP contribution is -2.56. The van der Waals surface area contributed by atoms with E-state index < -0.39 is 28.1 Å². The Morgan fingerprint density at radius 1 is 1.21 bits per heavy atom. The minimum absolute atomic E-state index is 0.0858. The molecule has 34 heavy (non-hydrogen) atoms. The highest BCUT2D eigenvalue weighted by atomic mass is 32.2.